The maximum absolute atomic E-state index is 10.9. The van der Waals surface area contributed by atoms with Crippen molar-refractivity contribution in [3.63, 3.8) is 0 Å². The third kappa shape index (κ3) is 10.1. The van der Waals surface area contributed by atoms with Crippen LogP contribution in [0.4, 0.5) is 0 Å². The largest absolute Gasteiger partial charge is 0.466 e. The monoisotopic (exact) mass is 244 g/mol. The molecule has 3 heteroatoms. The van der Waals surface area contributed by atoms with Crippen LogP contribution in [0.3, 0.4) is 0 Å². The number of carbonyl (C=O) groups is 1. The topological polar surface area (TPSA) is 26.3 Å². The van der Waals surface area contributed by atoms with E-state index in [0.29, 0.717) is 0 Å². The zero-order valence-corrected chi connectivity index (χ0v) is 11.6. The van der Waals surface area contributed by atoms with Crippen LogP contribution in [-0.4, -0.2) is 18.8 Å². The summed E-state index contributed by atoms with van der Waals surface area (Å²) in [6, 6.07) is 0. The van der Waals surface area contributed by atoms with Gasteiger partial charge in [0.15, 0.2) is 0 Å². The summed E-state index contributed by atoms with van der Waals surface area (Å²) in [5.41, 5.74) is 0. The van der Waals surface area contributed by atoms with Gasteiger partial charge in [-0.25, -0.2) is 4.79 Å². The molecule has 16 heavy (non-hydrogen) atoms. The van der Waals surface area contributed by atoms with E-state index in [4.69, 9.17) is 0 Å². The molecule has 0 aliphatic heterocycles. The molecule has 0 aliphatic rings. The summed E-state index contributed by atoms with van der Waals surface area (Å²) in [4.78, 5) is 12.0. The molecule has 0 saturated heterocycles. The van der Waals surface area contributed by atoms with E-state index >= 15 is 0 Å². The maximum atomic E-state index is 10.9. The van der Waals surface area contributed by atoms with Crippen LogP contribution in [0.5, 0.6) is 0 Å². The lowest BCUT2D eigenvalue weighted by molar-refractivity contribution is -0.134. The Morgan fingerprint density at radius 1 is 1.19 bits per heavy atom. The predicted molar refractivity (Wildman–Crippen MR) is 71.6 cm³/mol. The van der Waals surface area contributed by atoms with E-state index in [1.165, 1.54) is 45.6 Å². The van der Waals surface area contributed by atoms with Crippen molar-refractivity contribution in [2.75, 3.05) is 12.9 Å². The Labute approximate surface area is 104 Å². The SMILES string of the molecule is CCCCCCCCS/C(C)=C/C(=O)OC. The quantitative estimate of drug-likeness (QED) is 0.346. The van der Waals surface area contributed by atoms with E-state index in [9.17, 15) is 4.79 Å². The summed E-state index contributed by atoms with van der Waals surface area (Å²) < 4.78 is 4.56. The van der Waals surface area contributed by atoms with Crippen molar-refractivity contribution in [2.45, 2.75) is 52.4 Å². The number of thioether (sulfide) groups is 1. The minimum atomic E-state index is -0.257. The maximum Gasteiger partial charge on any atom is 0.331 e. The predicted octanol–water partition coefficient (Wildman–Crippen LogP) is 4.16. The summed E-state index contributed by atoms with van der Waals surface area (Å²) in [7, 11) is 1.41. The number of methoxy groups -OCH3 is 1. The second-order valence-electron chi connectivity index (χ2n) is 3.89. The molecule has 0 rings (SSSR count). The molecule has 0 spiro atoms. The fourth-order valence-corrected chi connectivity index (χ4v) is 2.23. The molecule has 0 aromatic heterocycles. The van der Waals surface area contributed by atoms with Gasteiger partial charge in [0.1, 0.15) is 0 Å². The number of hydrogen-bond acceptors (Lipinski definition) is 3. The van der Waals surface area contributed by atoms with Crippen molar-refractivity contribution in [1.82, 2.24) is 0 Å². The van der Waals surface area contributed by atoms with Crippen LogP contribution in [0.25, 0.3) is 0 Å². The summed E-state index contributed by atoms with van der Waals surface area (Å²) in [6.07, 6.45) is 9.46. The summed E-state index contributed by atoms with van der Waals surface area (Å²) in [5, 5.41) is 0. The Kier molecular flexibility index (Phi) is 10.8. The van der Waals surface area contributed by atoms with Crippen LogP contribution in [0, 0.1) is 0 Å². The van der Waals surface area contributed by atoms with Crippen molar-refractivity contribution < 1.29 is 9.53 Å². The molecular weight excluding hydrogens is 220 g/mol. The third-order valence-electron chi connectivity index (χ3n) is 2.35. The van der Waals surface area contributed by atoms with Crippen molar-refractivity contribution in [2.24, 2.45) is 0 Å². The van der Waals surface area contributed by atoms with Gasteiger partial charge in [-0.2, -0.15) is 0 Å². The summed E-state index contributed by atoms with van der Waals surface area (Å²) >= 11 is 1.74. The van der Waals surface area contributed by atoms with Gasteiger partial charge in [0.2, 0.25) is 0 Å². The lowest BCUT2D eigenvalue weighted by Crippen LogP contribution is -1.95. The molecule has 2 nitrogen and oxygen atoms in total. The Morgan fingerprint density at radius 2 is 1.81 bits per heavy atom. The number of rotatable bonds is 9. The molecule has 0 radical (unpaired) electrons. The standard InChI is InChI=1S/C13H24O2S/c1-4-5-6-7-8-9-10-16-12(2)11-13(14)15-3/h11H,4-10H2,1-3H3/b12-11+. The second-order valence-corrected chi connectivity index (χ2v) is 5.24. The summed E-state index contributed by atoms with van der Waals surface area (Å²) in [5.74, 6) is 0.846. The van der Waals surface area contributed by atoms with Crippen molar-refractivity contribution in [1.29, 1.82) is 0 Å². The van der Waals surface area contributed by atoms with Gasteiger partial charge in [-0.05, 0) is 24.0 Å². The van der Waals surface area contributed by atoms with E-state index in [0.717, 1.165) is 10.7 Å². The first-order chi connectivity index (χ1) is 7.70. The Bertz CT molecular complexity index is 212. The van der Waals surface area contributed by atoms with Crippen LogP contribution in [0.15, 0.2) is 11.0 Å². The molecule has 0 amide bonds. The second kappa shape index (κ2) is 11.1. The lowest BCUT2D eigenvalue weighted by Gasteiger charge is -2.02. The molecule has 0 aromatic rings. The van der Waals surface area contributed by atoms with E-state index in [1.807, 2.05) is 6.92 Å². The van der Waals surface area contributed by atoms with E-state index in [-0.39, 0.29) is 5.97 Å². The molecule has 94 valence electrons. The Balaban J connectivity index is 3.37. The number of esters is 1. The highest BCUT2D eigenvalue weighted by atomic mass is 32.2. The van der Waals surface area contributed by atoms with Gasteiger partial charge in [0, 0.05) is 6.08 Å². The van der Waals surface area contributed by atoms with Crippen molar-refractivity contribution >= 4 is 17.7 Å². The van der Waals surface area contributed by atoms with E-state index in [1.54, 1.807) is 17.8 Å². The molecular formula is C13H24O2S. The zero-order valence-electron chi connectivity index (χ0n) is 10.8. The molecule has 0 N–H and O–H groups in total. The summed E-state index contributed by atoms with van der Waals surface area (Å²) in [6.45, 7) is 4.19. The first kappa shape index (κ1) is 15.6. The van der Waals surface area contributed by atoms with Crippen LogP contribution in [0.1, 0.15) is 52.4 Å². The molecule has 0 aromatic carbocycles. The highest BCUT2D eigenvalue weighted by molar-refractivity contribution is 8.03. The first-order valence-electron chi connectivity index (χ1n) is 6.09. The average Bonchev–Trinajstić information content (AvgIpc) is 2.27. The van der Waals surface area contributed by atoms with Gasteiger partial charge < -0.3 is 4.74 Å². The molecule has 0 saturated carbocycles. The Hall–Kier alpha value is -0.440. The van der Waals surface area contributed by atoms with Gasteiger partial charge in [0.05, 0.1) is 7.11 Å². The highest BCUT2D eigenvalue weighted by Crippen LogP contribution is 2.17. The van der Waals surface area contributed by atoms with Crippen molar-refractivity contribution in [3.05, 3.63) is 11.0 Å². The van der Waals surface area contributed by atoms with Crippen LogP contribution in [0.2, 0.25) is 0 Å². The minimum Gasteiger partial charge on any atom is -0.466 e. The first-order valence-corrected chi connectivity index (χ1v) is 7.08. The number of unbranched alkanes of at least 4 members (excludes halogenated alkanes) is 5. The normalized spacial score (nSPS) is 11.6. The van der Waals surface area contributed by atoms with Gasteiger partial charge >= 0.3 is 5.97 Å². The molecule has 0 atom stereocenters. The number of ether oxygens (including phenoxy) is 1. The number of hydrogen-bond donors (Lipinski definition) is 0. The van der Waals surface area contributed by atoms with Gasteiger partial charge in [-0.15, -0.1) is 11.8 Å². The van der Waals surface area contributed by atoms with Crippen molar-refractivity contribution in [3.8, 4) is 0 Å². The lowest BCUT2D eigenvalue weighted by atomic mass is 10.1. The molecule has 0 heterocycles. The molecule has 0 aliphatic carbocycles. The highest BCUT2D eigenvalue weighted by Gasteiger charge is 1.97. The van der Waals surface area contributed by atoms with Gasteiger partial charge in [-0.1, -0.05) is 39.0 Å². The Morgan fingerprint density at radius 3 is 2.44 bits per heavy atom. The van der Waals surface area contributed by atoms with E-state index in [2.05, 4.69) is 11.7 Å². The minimum absolute atomic E-state index is 0.257. The molecule has 0 fully saturated rings. The number of carbonyl (C=O) groups excluding carboxylic acids is 1. The fraction of sp³-hybridized carbons (Fsp3) is 0.769. The molecule has 0 bridgehead atoms. The average molecular weight is 244 g/mol. The van der Waals surface area contributed by atoms with Crippen LogP contribution >= 0.6 is 11.8 Å². The van der Waals surface area contributed by atoms with E-state index < -0.39 is 0 Å². The van der Waals surface area contributed by atoms with Crippen LogP contribution < -0.4 is 0 Å². The zero-order chi connectivity index (χ0) is 12.2. The molecule has 0 unspecified atom stereocenters. The number of allylic oxidation sites excluding steroid dienone is 1. The smallest absolute Gasteiger partial charge is 0.331 e. The van der Waals surface area contributed by atoms with Gasteiger partial charge in [-0.3, -0.25) is 0 Å². The third-order valence-corrected chi connectivity index (χ3v) is 3.42. The fourth-order valence-electron chi connectivity index (χ4n) is 1.38. The van der Waals surface area contributed by atoms with Gasteiger partial charge in [0.25, 0.3) is 0 Å². The van der Waals surface area contributed by atoms with Crippen LogP contribution in [-0.2, 0) is 9.53 Å².